The van der Waals surface area contributed by atoms with Crippen molar-refractivity contribution in [2.24, 2.45) is 17.6 Å². The molecule has 3 rings (SSSR count). The Morgan fingerprint density at radius 3 is 2.36 bits per heavy atom. The first kappa shape index (κ1) is 20.8. The number of amides is 2. The molecule has 0 aliphatic carbocycles. The second-order valence-corrected chi connectivity index (χ2v) is 9.41. The fourth-order valence-corrected chi connectivity index (χ4v) is 4.47. The fraction of sp³-hybridized carbons (Fsp3) is 0.526. The second kappa shape index (κ2) is 9.02. The predicted molar refractivity (Wildman–Crippen MR) is 106 cm³/mol. The highest BCUT2D eigenvalue weighted by Gasteiger charge is 2.41. The van der Waals surface area contributed by atoms with E-state index >= 15 is 0 Å². The van der Waals surface area contributed by atoms with Crippen molar-refractivity contribution in [3.63, 3.8) is 0 Å². The first-order valence-corrected chi connectivity index (χ1v) is 11.1. The number of nitrogens with one attached hydrogen (secondary N) is 1. The lowest BCUT2D eigenvalue weighted by Gasteiger charge is -2.21. The van der Waals surface area contributed by atoms with Crippen LogP contribution in [0.2, 0.25) is 0 Å². The average Bonchev–Trinajstić information content (AvgIpc) is 3.21. The van der Waals surface area contributed by atoms with Gasteiger partial charge in [-0.25, -0.2) is 8.42 Å². The van der Waals surface area contributed by atoms with Crippen molar-refractivity contribution in [3.05, 3.63) is 42.3 Å². The summed E-state index contributed by atoms with van der Waals surface area (Å²) in [6.07, 6.45) is 3.25. The highest BCUT2D eigenvalue weighted by Crippen LogP contribution is 2.31. The van der Waals surface area contributed by atoms with Crippen molar-refractivity contribution in [1.29, 1.82) is 0 Å². The van der Waals surface area contributed by atoms with Crippen LogP contribution in [0.5, 0.6) is 0 Å². The summed E-state index contributed by atoms with van der Waals surface area (Å²) in [5.41, 5.74) is 6.02. The van der Waals surface area contributed by atoms with Gasteiger partial charge in [0.2, 0.25) is 15.7 Å². The number of primary amides is 1. The van der Waals surface area contributed by atoms with E-state index in [1.807, 2.05) is 18.2 Å². The van der Waals surface area contributed by atoms with Crippen molar-refractivity contribution in [2.75, 3.05) is 45.1 Å². The van der Waals surface area contributed by atoms with Crippen molar-refractivity contribution in [3.8, 4) is 0 Å². The number of sulfone groups is 1. The third-order valence-corrected chi connectivity index (χ3v) is 6.61. The SMILES string of the molecule is NC(=O)S(=O)(=O)CNCC(=O)N1CC2CN(CC[CH]c3ccccc3)C[C@H]2C1. The highest BCUT2D eigenvalue weighted by molar-refractivity contribution is 8.05. The molecule has 1 radical (unpaired) electrons. The first-order valence-electron chi connectivity index (χ1n) is 9.46. The van der Waals surface area contributed by atoms with E-state index in [2.05, 4.69) is 28.8 Å². The molecule has 0 aromatic heterocycles. The van der Waals surface area contributed by atoms with Crippen LogP contribution >= 0.6 is 0 Å². The Morgan fingerprint density at radius 2 is 1.75 bits per heavy atom. The number of nitrogens with zero attached hydrogens (tertiary/aromatic N) is 2. The summed E-state index contributed by atoms with van der Waals surface area (Å²) >= 11 is 0. The molecule has 8 nitrogen and oxygen atoms in total. The van der Waals surface area contributed by atoms with E-state index in [0.717, 1.165) is 26.1 Å². The minimum absolute atomic E-state index is 0.109. The molecule has 2 aliphatic rings. The van der Waals surface area contributed by atoms with Crippen molar-refractivity contribution in [1.82, 2.24) is 15.1 Å². The normalized spacial score (nSPS) is 22.4. The Labute approximate surface area is 166 Å². The molecule has 0 saturated carbocycles. The van der Waals surface area contributed by atoms with Crippen LogP contribution in [-0.2, 0) is 14.6 Å². The van der Waals surface area contributed by atoms with Crippen molar-refractivity contribution in [2.45, 2.75) is 6.42 Å². The molecule has 1 aromatic rings. The molecular formula is C19H27N4O4S. The van der Waals surface area contributed by atoms with E-state index in [9.17, 15) is 18.0 Å². The molecule has 2 fully saturated rings. The van der Waals surface area contributed by atoms with Gasteiger partial charge in [-0.05, 0) is 36.8 Å². The van der Waals surface area contributed by atoms with Crippen LogP contribution in [0.25, 0.3) is 0 Å². The molecule has 0 bridgehead atoms. The Hall–Kier alpha value is -1.97. The molecule has 2 saturated heterocycles. The number of carbonyl (C=O) groups excluding carboxylic acids is 2. The Morgan fingerprint density at radius 1 is 1.11 bits per heavy atom. The summed E-state index contributed by atoms with van der Waals surface area (Å²) < 4.78 is 22.7. The van der Waals surface area contributed by atoms with Gasteiger partial charge in [0.15, 0.2) is 0 Å². The molecule has 2 heterocycles. The summed E-state index contributed by atoms with van der Waals surface area (Å²) in [5, 5.41) is 1.13. The van der Waals surface area contributed by atoms with E-state index in [1.165, 1.54) is 5.56 Å². The first-order chi connectivity index (χ1) is 13.3. The molecule has 2 amide bonds. The summed E-state index contributed by atoms with van der Waals surface area (Å²) in [6, 6.07) is 10.3. The van der Waals surface area contributed by atoms with Gasteiger partial charge in [0.1, 0.15) is 5.88 Å². The Balaban J connectivity index is 1.35. The van der Waals surface area contributed by atoms with Crippen molar-refractivity contribution < 1.29 is 18.0 Å². The highest BCUT2D eigenvalue weighted by atomic mass is 32.2. The Kier molecular flexibility index (Phi) is 6.69. The van der Waals surface area contributed by atoms with E-state index in [0.29, 0.717) is 24.9 Å². The maximum Gasteiger partial charge on any atom is 0.335 e. The van der Waals surface area contributed by atoms with E-state index in [1.54, 1.807) is 4.90 Å². The number of rotatable bonds is 8. The molecule has 1 aromatic carbocycles. The molecular weight excluding hydrogens is 380 g/mol. The topological polar surface area (TPSA) is 113 Å². The summed E-state index contributed by atoms with van der Waals surface area (Å²) in [4.78, 5) is 27.3. The number of hydrogen-bond donors (Lipinski definition) is 2. The third-order valence-electron chi connectivity index (χ3n) is 5.41. The quantitative estimate of drug-likeness (QED) is 0.630. The maximum atomic E-state index is 12.3. The molecule has 28 heavy (non-hydrogen) atoms. The van der Waals surface area contributed by atoms with Crippen LogP contribution in [0.3, 0.4) is 0 Å². The fourth-order valence-electron chi connectivity index (χ4n) is 3.95. The molecule has 2 atom stereocenters. The standard InChI is InChI=1S/C19H27N4O4S/c20-19(25)28(26,27)14-21-9-18(24)23-12-16-10-22(11-17(16)13-23)8-4-7-15-5-2-1-3-6-15/h1-3,5-7,16-17,21H,4,8-14H2,(H2,20,25)/t16-,17?/m0/s1. The molecule has 0 spiro atoms. The smallest absolute Gasteiger partial charge is 0.335 e. The maximum absolute atomic E-state index is 12.3. The Bertz CT molecular complexity index is 785. The number of hydrogen-bond acceptors (Lipinski definition) is 6. The summed E-state index contributed by atoms with van der Waals surface area (Å²) in [6.45, 7) is 4.28. The molecule has 153 valence electrons. The minimum atomic E-state index is -4.02. The average molecular weight is 408 g/mol. The lowest BCUT2D eigenvalue weighted by Crippen LogP contribution is -2.41. The number of benzene rings is 1. The zero-order chi connectivity index (χ0) is 20.1. The van der Waals surface area contributed by atoms with Gasteiger partial charge in [-0.15, -0.1) is 0 Å². The number of nitrogens with two attached hydrogens (primary N) is 1. The lowest BCUT2D eigenvalue weighted by atomic mass is 10.0. The van der Waals surface area contributed by atoms with Gasteiger partial charge >= 0.3 is 5.24 Å². The van der Waals surface area contributed by atoms with Gasteiger partial charge in [0, 0.05) is 26.2 Å². The molecule has 3 N–H and O–H groups in total. The largest absolute Gasteiger partial charge is 0.356 e. The predicted octanol–water partition coefficient (Wildman–Crippen LogP) is 0.0599. The number of fused-ring (bicyclic) bond motifs is 1. The van der Waals surface area contributed by atoms with Gasteiger partial charge in [-0.3, -0.25) is 14.9 Å². The van der Waals surface area contributed by atoms with E-state index in [-0.39, 0.29) is 12.5 Å². The van der Waals surface area contributed by atoms with Gasteiger partial charge < -0.3 is 15.5 Å². The third kappa shape index (κ3) is 5.30. The molecule has 2 aliphatic heterocycles. The summed E-state index contributed by atoms with van der Waals surface area (Å²) in [5.74, 6) is 0.184. The lowest BCUT2D eigenvalue weighted by molar-refractivity contribution is -0.129. The van der Waals surface area contributed by atoms with E-state index in [4.69, 9.17) is 5.73 Å². The summed E-state index contributed by atoms with van der Waals surface area (Å²) in [7, 11) is -4.02. The van der Waals surface area contributed by atoms with Gasteiger partial charge in [0.05, 0.1) is 6.54 Å². The number of likely N-dealkylation sites (tertiary alicyclic amines) is 2. The molecule has 1 unspecified atom stereocenters. The monoisotopic (exact) mass is 407 g/mol. The van der Waals surface area contributed by atoms with Gasteiger partial charge in [-0.1, -0.05) is 30.3 Å². The van der Waals surface area contributed by atoms with Gasteiger partial charge in [0.25, 0.3) is 0 Å². The van der Waals surface area contributed by atoms with Crippen LogP contribution in [0.4, 0.5) is 4.79 Å². The van der Waals surface area contributed by atoms with Crippen molar-refractivity contribution >= 4 is 21.0 Å². The van der Waals surface area contributed by atoms with Crippen LogP contribution < -0.4 is 11.1 Å². The van der Waals surface area contributed by atoms with Crippen LogP contribution in [0.15, 0.2) is 30.3 Å². The van der Waals surface area contributed by atoms with Crippen LogP contribution in [0.1, 0.15) is 12.0 Å². The molecule has 9 heteroatoms. The van der Waals surface area contributed by atoms with Crippen LogP contribution in [-0.4, -0.2) is 74.5 Å². The van der Waals surface area contributed by atoms with Crippen LogP contribution in [0, 0.1) is 18.3 Å². The minimum Gasteiger partial charge on any atom is -0.356 e. The zero-order valence-corrected chi connectivity index (χ0v) is 16.6. The number of carbonyl (C=O) groups is 2. The second-order valence-electron chi connectivity index (χ2n) is 7.49. The van der Waals surface area contributed by atoms with Gasteiger partial charge in [-0.2, -0.15) is 0 Å². The zero-order valence-electron chi connectivity index (χ0n) is 15.8. The van der Waals surface area contributed by atoms with E-state index < -0.39 is 21.0 Å².